The van der Waals surface area contributed by atoms with Crippen molar-refractivity contribution < 1.29 is 14.4 Å². The lowest BCUT2D eigenvalue weighted by molar-refractivity contribution is -0.148. The molecule has 2 saturated heterocycles. The average molecular weight is 563 g/mol. The molecule has 0 radical (unpaired) electrons. The molecule has 2 fully saturated rings. The Labute approximate surface area is 231 Å². The second-order valence-electron chi connectivity index (χ2n) is 9.11. The van der Waals surface area contributed by atoms with Crippen molar-refractivity contribution in [1.82, 2.24) is 20.6 Å². The Kier molecular flexibility index (Phi) is 9.22. The molecule has 0 aromatic heterocycles. The Morgan fingerprint density at radius 3 is 2.70 bits per heavy atom. The summed E-state index contributed by atoms with van der Waals surface area (Å²) in [5.74, 6) is 0.923. The van der Waals surface area contributed by atoms with Crippen LogP contribution in [0.3, 0.4) is 0 Å². The largest absolute Gasteiger partial charge is 0.426 e. The molecule has 2 N–H and O–H groups in total. The molecule has 1 unspecified atom stereocenters. The summed E-state index contributed by atoms with van der Waals surface area (Å²) in [6, 6.07) is 14.5. The fourth-order valence-corrected chi connectivity index (χ4v) is 5.59. The van der Waals surface area contributed by atoms with Crippen molar-refractivity contribution in [3.63, 3.8) is 0 Å². The third-order valence-electron chi connectivity index (χ3n) is 6.78. The third-order valence-corrected chi connectivity index (χ3v) is 8.17. The lowest BCUT2D eigenvalue weighted by Crippen LogP contribution is -2.59. The van der Waals surface area contributed by atoms with Crippen molar-refractivity contribution in [2.45, 2.75) is 44.1 Å². The van der Waals surface area contributed by atoms with Crippen LogP contribution >= 0.6 is 35.0 Å². The van der Waals surface area contributed by atoms with Crippen molar-refractivity contribution in [2.24, 2.45) is 0 Å². The molecule has 1 atom stereocenters. The molecule has 2 aliphatic heterocycles. The van der Waals surface area contributed by atoms with E-state index in [1.165, 1.54) is 0 Å². The molecular formula is C26H29Cl2N5O3S. The second-order valence-corrected chi connectivity index (χ2v) is 10.9. The predicted octanol–water partition coefficient (Wildman–Crippen LogP) is 4.55. The average Bonchev–Trinajstić information content (AvgIpc) is 3.15. The minimum atomic E-state index is -0.560. The number of piperidine rings is 1. The quantitative estimate of drug-likeness (QED) is 0.487. The smallest absolute Gasteiger partial charge is 0.351 e. The monoisotopic (exact) mass is 561 g/mol. The van der Waals surface area contributed by atoms with Crippen molar-refractivity contribution in [3.05, 3.63) is 69.2 Å². The zero-order chi connectivity index (χ0) is 26.4. The van der Waals surface area contributed by atoms with E-state index in [9.17, 15) is 14.9 Å². The number of carbonyl (C=O) groups excluding carboxylic acids is 2. The lowest BCUT2D eigenvalue weighted by Gasteiger charge is -2.44. The van der Waals surface area contributed by atoms with E-state index in [1.54, 1.807) is 41.1 Å². The number of rotatable bonds is 8. The number of hydroxylamine groups is 2. The maximum atomic E-state index is 13.5. The molecule has 4 rings (SSSR count). The molecule has 2 heterocycles. The highest BCUT2D eigenvalue weighted by atomic mass is 35.5. The van der Waals surface area contributed by atoms with Gasteiger partial charge in [-0.1, -0.05) is 47.5 Å². The highest BCUT2D eigenvalue weighted by Crippen LogP contribution is 2.35. The Bertz CT molecular complexity index is 1180. The van der Waals surface area contributed by atoms with E-state index in [4.69, 9.17) is 28.0 Å². The Balaban J connectivity index is 1.39. The van der Waals surface area contributed by atoms with E-state index in [1.807, 2.05) is 29.4 Å². The number of thioether (sulfide) groups is 1. The van der Waals surface area contributed by atoms with Crippen molar-refractivity contribution in [1.29, 1.82) is 5.26 Å². The molecule has 8 nitrogen and oxygen atoms in total. The first-order valence-corrected chi connectivity index (χ1v) is 14.2. The van der Waals surface area contributed by atoms with E-state index >= 15 is 0 Å². The van der Waals surface area contributed by atoms with Crippen LogP contribution in [0, 0.1) is 11.3 Å². The van der Waals surface area contributed by atoms with Gasteiger partial charge in [-0.2, -0.15) is 17.0 Å². The van der Waals surface area contributed by atoms with Gasteiger partial charge in [0.2, 0.25) is 5.91 Å². The van der Waals surface area contributed by atoms with Crippen LogP contribution in [0.2, 0.25) is 10.0 Å². The zero-order valence-electron chi connectivity index (χ0n) is 20.5. The number of nitrogens with zero attached hydrogens (tertiary/aromatic N) is 3. The van der Waals surface area contributed by atoms with Crippen LogP contribution in [0.25, 0.3) is 0 Å². The normalized spacial score (nSPS) is 19.1. The van der Waals surface area contributed by atoms with Gasteiger partial charge >= 0.3 is 6.09 Å². The molecule has 196 valence electrons. The summed E-state index contributed by atoms with van der Waals surface area (Å²) in [6.07, 6.45) is 3.37. The molecule has 2 aromatic rings. The summed E-state index contributed by atoms with van der Waals surface area (Å²) in [4.78, 5) is 33.3. The van der Waals surface area contributed by atoms with Gasteiger partial charge in [0.25, 0.3) is 0 Å². The van der Waals surface area contributed by atoms with Crippen LogP contribution in [0.5, 0.6) is 0 Å². The first-order valence-electron chi connectivity index (χ1n) is 12.1. The van der Waals surface area contributed by atoms with E-state index in [0.717, 1.165) is 23.3 Å². The molecule has 2 amide bonds. The highest BCUT2D eigenvalue weighted by Gasteiger charge is 2.51. The third kappa shape index (κ3) is 6.51. The predicted molar refractivity (Wildman–Crippen MR) is 145 cm³/mol. The second kappa shape index (κ2) is 12.4. The first-order chi connectivity index (χ1) is 17.8. The van der Waals surface area contributed by atoms with Crippen molar-refractivity contribution in [2.75, 3.05) is 25.1 Å². The van der Waals surface area contributed by atoms with Gasteiger partial charge in [-0.3, -0.25) is 10.1 Å². The lowest BCUT2D eigenvalue weighted by atomic mass is 9.96. The van der Waals surface area contributed by atoms with Gasteiger partial charge in [-0.25, -0.2) is 4.79 Å². The van der Waals surface area contributed by atoms with Gasteiger partial charge < -0.3 is 15.1 Å². The molecular weight excluding hydrogens is 533 g/mol. The summed E-state index contributed by atoms with van der Waals surface area (Å²) < 4.78 is 0. The number of amides is 2. The molecule has 0 aliphatic carbocycles. The number of carbonyl (C=O) groups is 2. The van der Waals surface area contributed by atoms with Gasteiger partial charge in [0.1, 0.15) is 0 Å². The molecule has 2 aromatic carbocycles. The number of halogens is 2. The van der Waals surface area contributed by atoms with Gasteiger partial charge in [-0.15, -0.1) is 5.06 Å². The standard InChI is InChI=1S/C26H29Cl2N5O3S/c1-37-13-8-23-24(34)33(17-20-5-3-2-4-19(20)15-29)26(31-23)9-11-32(12-10-26)36-25(35)30-16-18-6-7-21(27)22(28)14-18/h2-7,14,23,31H,8-13,16-17H2,1H3,(H,30,35). The fourth-order valence-electron chi connectivity index (χ4n) is 4.80. The minimum absolute atomic E-state index is 0.0514. The summed E-state index contributed by atoms with van der Waals surface area (Å²) >= 11 is 13.7. The van der Waals surface area contributed by atoms with E-state index in [0.29, 0.717) is 48.1 Å². The van der Waals surface area contributed by atoms with Gasteiger partial charge in [0, 0.05) is 39.0 Å². The summed E-state index contributed by atoms with van der Waals surface area (Å²) in [6.45, 7) is 1.54. The molecule has 37 heavy (non-hydrogen) atoms. The number of hydrogen-bond acceptors (Lipinski definition) is 7. The van der Waals surface area contributed by atoms with E-state index < -0.39 is 11.8 Å². The molecule has 0 saturated carbocycles. The minimum Gasteiger partial charge on any atom is -0.351 e. The number of benzene rings is 2. The molecule has 0 bridgehead atoms. The van der Waals surface area contributed by atoms with E-state index in [2.05, 4.69) is 16.7 Å². The number of nitrogens with one attached hydrogen (secondary N) is 2. The van der Waals surface area contributed by atoms with Crippen LogP contribution in [-0.4, -0.2) is 58.8 Å². The Hall–Kier alpha value is -2.48. The maximum Gasteiger partial charge on any atom is 0.426 e. The van der Waals surface area contributed by atoms with Crippen molar-refractivity contribution in [3.8, 4) is 6.07 Å². The van der Waals surface area contributed by atoms with Gasteiger partial charge in [0.15, 0.2) is 0 Å². The van der Waals surface area contributed by atoms with Crippen LogP contribution in [-0.2, 0) is 22.7 Å². The molecule has 11 heteroatoms. The fraction of sp³-hybridized carbons (Fsp3) is 0.423. The topological polar surface area (TPSA) is 97.7 Å². The molecule has 1 spiro atoms. The number of hydrogen-bond donors (Lipinski definition) is 2. The zero-order valence-corrected chi connectivity index (χ0v) is 22.8. The number of nitriles is 1. The molecule has 2 aliphatic rings. The summed E-state index contributed by atoms with van der Waals surface area (Å²) in [5.41, 5.74) is 1.64. The Morgan fingerprint density at radius 1 is 1.24 bits per heavy atom. The van der Waals surface area contributed by atoms with E-state index in [-0.39, 0.29) is 18.5 Å². The van der Waals surface area contributed by atoms with Crippen LogP contribution < -0.4 is 10.6 Å². The SMILES string of the molecule is CSCCC1NC2(CCN(OC(=O)NCc3ccc(Cl)c(Cl)c3)CC2)N(Cc2ccccc2C#N)C1=O. The van der Waals surface area contributed by atoms with Gasteiger partial charge in [0.05, 0.1) is 33.4 Å². The highest BCUT2D eigenvalue weighted by molar-refractivity contribution is 7.98. The van der Waals surface area contributed by atoms with Crippen LogP contribution in [0.15, 0.2) is 42.5 Å². The summed E-state index contributed by atoms with van der Waals surface area (Å²) in [7, 11) is 0. The maximum absolute atomic E-state index is 13.5. The summed E-state index contributed by atoms with van der Waals surface area (Å²) in [5, 5.41) is 18.4. The Morgan fingerprint density at radius 2 is 2.00 bits per heavy atom. The first kappa shape index (κ1) is 27.6. The van der Waals surface area contributed by atoms with Crippen LogP contribution in [0.1, 0.15) is 36.0 Å². The van der Waals surface area contributed by atoms with Gasteiger partial charge in [-0.05, 0) is 47.8 Å². The van der Waals surface area contributed by atoms with Crippen LogP contribution in [0.4, 0.5) is 4.79 Å². The van der Waals surface area contributed by atoms with Crippen molar-refractivity contribution >= 4 is 47.0 Å².